The van der Waals surface area contributed by atoms with E-state index < -0.39 is 35.0 Å². The molecule has 0 amide bonds. The Hall–Kier alpha value is -4.38. The lowest BCUT2D eigenvalue weighted by atomic mass is 9.53. The summed E-state index contributed by atoms with van der Waals surface area (Å²) in [5.41, 5.74) is 2.23. The van der Waals surface area contributed by atoms with Crippen LogP contribution in [0, 0.1) is 24.7 Å². The van der Waals surface area contributed by atoms with Gasteiger partial charge in [0.2, 0.25) is 5.78 Å². The fraction of sp³-hybridized carbons (Fsp3) is 0.350. The van der Waals surface area contributed by atoms with E-state index in [-0.39, 0.29) is 29.8 Å². The van der Waals surface area contributed by atoms with E-state index in [1.54, 1.807) is 0 Å². The number of hydrogen-bond acceptors (Lipinski definition) is 9. The van der Waals surface area contributed by atoms with Gasteiger partial charge in [-0.1, -0.05) is 64.5 Å². The summed E-state index contributed by atoms with van der Waals surface area (Å²) in [5, 5.41) is 6.12. The predicted octanol–water partition coefficient (Wildman–Crippen LogP) is 7.10. The lowest BCUT2D eigenvalue weighted by Gasteiger charge is -2.52. The van der Waals surface area contributed by atoms with Crippen LogP contribution in [0.5, 0.6) is 5.88 Å². The maximum atomic E-state index is 15.1. The maximum Gasteiger partial charge on any atom is 0.265 e. The van der Waals surface area contributed by atoms with E-state index in [2.05, 4.69) is 45.2 Å². The van der Waals surface area contributed by atoms with Gasteiger partial charge in [-0.05, 0) is 79.1 Å². The average molecular weight is 739 g/mol. The number of aromatic nitrogens is 1. The number of hydrogen-bond donors (Lipinski definition) is 0. The van der Waals surface area contributed by atoms with Crippen molar-refractivity contribution in [2.45, 2.75) is 38.0 Å². The first-order chi connectivity index (χ1) is 24.1. The molecule has 5 atom stereocenters. The number of nitrogens with zero attached hydrogens (tertiary/aromatic N) is 3. The maximum absolute atomic E-state index is 15.1. The fourth-order valence-electron chi connectivity index (χ4n) is 8.81. The second-order valence-electron chi connectivity index (χ2n) is 13.7. The molecule has 0 bridgehead atoms. The highest BCUT2D eigenvalue weighted by Crippen LogP contribution is 2.57. The molecule has 7 rings (SSSR count). The van der Waals surface area contributed by atoms with E-state index in [0.717, 1.165) is 37.6 Å². The lowest BCUT2D eigenvalue weighted by Crippen LogP contribution is -2.67. The number of ketones is 3. The molecule has 3 aliphatic carbocycles. The number of halogens is 1. The van der Waals surface area contributed by atoms with Crippen molar-refractivity contribution in [3.8, 4) is 5.88 Å². The van der Waals surface area contributed by atoms with Gasteiger partial charge in [-0.25, -0.2) is 0 Å². The molecule has 0 spiro atoms. The quantitative estimate of drug-likeness (QED) is 0.125. The van der Waals surface area contributed by atoms with E-state index >= 15 is 4.79 Å². The number of aryl methyl sites for hydroxylation is 1. The number of benzene rings is 3. The van der Waals surface area contributed by atoms with Gasteiger partial charge >= 0.3 is 0 Å². The molecule has 1 aromatic heterocycles. The Morgan fingerprint density at radius 1 is 1.04 bits per heavy atom. The molecule has 0 radical (unpaired) electrons. The Morgan fingerprint density at radius 2 is 1.76 bits per heavy atom. The summed E-state index contributed by atoms with van der Waals surface area (Å²) in [6.07, 6.45) is 4.54. The van der Waals surface area contributed by atoms with Crippen molar-refractivity contribution in [2.75, 3.05) is 39.2 Å². The number of carbonyl (C=O) groups excluding carboxylic acids is 3. The van der Waals surface area contributed by atoms with Crippen molar-refractivity contribution in [3.05, 3.63) is 112 Å². The molecule has 0 aliphatic heterocycles. The fourth-order valence-corrected chi connectivity index (χ4v) is 9.17. The number of carbonyl (C=O) groups is 3. The van der Waals surface area contributed by atoms with E-state index in [1.807, 2.05) is 80.5 Å². The Kier molecular flexibility index (Phi) is 8.90. The number of Topliss-reactive ketones (excluding diaryl/α,β-unsaturated/α-hetero) is 3. The Bertz CT molecular complexity index is 2040. The summed E-state index contributed by atoms with van der Waals surface area (Å²) < 4.78 is 18.9. The molecule has 0 N–H and O–H groups in total. The third-order valence-electron chi connectivity index (χ3n) is 10.8. The molecular weight excluding hydrogens is 698 g/mol. The van der Waals surface area contributed by atoms with Crippen LogP contribution in [-0.4, -0.2) is 67.3 Å². The minimum atomic E-state index is -1.93. The number of methoxy groups -OCH3 is 1. The van der Waals surface area contributed by atoms with E-state index in [4.69, 9.17) is 14.0 Å². The molecule has 0 saturated heterocycles. The number of rotatable bonds is 10. The van der Waals surface area contributed by atoms with Gasteiger partial charge in [0.25, 0.3) is 5.88 Å². The van der Waals surface area contributed by atoms with Crippen LogP contribution in [0.15, 0.2) is 82.8 Å². The minimum absolute atomic E-state index is 0.00730. The molecule has 1 heterocycles. The molecule has 50 heavy (non-hydrogen) atoms. The van der Waals surface area contributed by atoms with Crippen LogP contribution in [0.25, 0.3) is 10.8 Å². The SMILES string of the molecule is C=CCN(CC=C)c1c2c(c(C)c3cc(Br)ccc13)C(=O)C1C(=O)C3(OC)C(=O)c4c(OCc5ccccc5)noc4C(N(C)C)C3CC1C2. The number of ether oxygens (including phenoxy) is 2. The first kappa shape index (κ1) is 34.1. The molecule has 258 valence electrons. The molecule has 3 aliphatic rings. The molecule has 9 nitrogen and oxygen atoms in total. The second-order valence-corrected chi connectivity index (χ2v) is 14.6. The van der Waals surface area contributed by atoms with Gasteiger partial charge in [0.1, 0.15) is 12.2 Å². The number of fused-ring (bicyclic) bond motifs is 5. The molecule has 1 fully saturated rings. The largest absolute Gasteiger partial charge is 0.470 e. The number of anilines is 1. The van der Waals surface area contributed by atoms with Crippen LogP contribution in [-0.2, 0) is 22.6 Å². The van der Waals surface area contributed by atoms with Gasteiger partial charge < -0.3 is 18.9 Å². The molecule has 5 unspecified atom stereocenters. The standard InChI is InChI=1S/C40H40BrN3O6/c1-7-16-44(17-8-2)33-26-15-14-25(41)20-27(26)22(3)30-28(33)18-24-19-29-34(43(4)5)36-32(38(47)40(29,48-6)37(46)31(24)35(30)45)39(42-50-36)49-21-23-12-10-9-11-13-23/h7-15,20,24,29,31,34H,1-2,16-19,21H2,3-6H3. The van der Waals surface area contributed by atoms with Crippen molar-refractivity contribution in [1.82, 2.24) is 10.1 Å². The van der Waals surface area contributed by atoms with Crippen molar-refractivity contribution >= 4 is 49.7 Å². The first-order valence-corrected chi connectivity index (χ1v) is 17.6. The van der Waals surface area contributed by atoms with Crippen LogP contribution < -0.4 is 9.64 Å². The smallest absolute Gasteiger partial charge is 0.265 e. The van der Waals surface area contributed by atoms with Gasteiger partial charge in [-0.2, -0.15) is 0 Å². The Morgan fingerprint density at radius 3 is 2.42 bits per heavy atom. The summed E-state index contributed by atoms with van der Waals surface area (Å²) in [7, 11) is 5.14. The van der Waals surface area contributed by atoms with E-state index in [9.17, 15) is 9.59 Å². The van der Waals surface area contributed by atoms with Gasteiger partial charge in [-0.15, -0.1) is 13.2 Å². The molecule has 1 saturated carbocycles. The van der Waals surface area contributed by atoms with Crippen LogP contribution in [0.3, 0.4) is 0 Å². The van der Waals surface area contributed by atoms with E-state index in [0.29, 0.717) is 37.3 Å². The Labute approximate surface area is 300 Å². The van der Waals surface area contributed by atoms with Crippen molar-refractivity contribution in [3.63, 3.8) is 0 Å². The van der Waals surface area contributed by atoms with Crippen LogP contribution in [0.4, 0.5) is 5.69 Å². The van der Waals surface area contributed by atoms with Crippen molar-refractivity contribution < 1.29 is 28.4 Å². The second kappa shape index (κ2) is 13.1. The summed E-state index contributed by atoms with van der Waals surface area (Å²) in [4.78, 5) is 48.9. The molecular formula is C40H40BrN3O6. The van der Waals surface area contributed by atoms with E-state index in [1.165, 1.54) is 7.11 Å². The lowest BCUT2D eigenvalue weighted by molar-refractivity contribution is -0.159. The summed E-state index contributed by atoms with van der Waals surface area (Å²) >= 11 is 3.62. The third-order valence-corrected chi connectivity index (χ3v) is 11.3. The van der Waals surface area contributed by atoms with Gasteiger partial charge in [-0.3, -0.25) is 19.3 Å². The predicted molar refractivity (Wildman–Crippen MR) is 195 cm³/mol. The Balaban J connectivity index is 1.38. The van der Waals surface area contributed by atoms with Crippen LogP contribution >= 0.6 is 15.9 Å². The summed E-state index contributed by atoms with van der Waals surface area (Å²) in [6, 6.07) is 15.1. The van der Waals surface area contributed by atoms with Crippen LogP contribution in [0.1, 0.15) is 55.6 Å². The summed E-state index contributed by atoms with van der Waals surface area (Å²) in [6.45, 7) is 11.2. The normalized spacial score (nSPS) is 24.0. The molecule has 4 aromatic rings. The topological polar surface area (TPSA) is 102 Å². The van der Waals surface area contributed by atoms with Crippen molar-refractivity contribution in [1.29, 1.82) is 0 Å². The zero-order valence-electron chi connectivity index (χ0n) is 28.7. The molecule has 10 heteroatoms. The highest BCUT2D eigenvalue weighted by molar-refractivity contribution is 9.10. The van der Waals surface area contributed by atoms with Crippen molar-refractivity contribution in [2.24, 2.45) is 17.8 Å². The minimum Gasteiger partial charge on any atom is -0.470 e. The monoisotopic (exact) mass is 737 g/mol. The highest BCUT2D eigenvalue weighted by Gasteiger charge is 2.68. The average Bonchev–Trinajstić information content (AvgIpc) is 3.52. The highest BCUT2D eigenvalue weighted by atomic mass is 79.9. The third kappa shape index (κ3) is 5.02. The zero-order valence-corrected chi connectivity index (χ0v) is 30.3. The van der Waals surface area contributed by atoms with Crippen LogP contribution in [0.2, 0.25) is 0 Å². The zero-order chi connectivity index (χ0) is 35.5. The summed E-state index contributed by atoms with van der Waals surface area (Å²) in [5.74, 6) is -3.10. The van der Waals surface area contributed by atoms with Gasteiger partial charge in [0, 0.05) is 47.2 Å². The van der Waals surface area contributed by atoms with Gasteiger partial charge in [0.15, 0.2) is 22.9 Å². The van der Waals surface area contributed by atoms with Gasteiger partial charge in [0.05, 0.1) is 12.0 Å². The molecule has 3 aromatic carbocycles. The first-order valence-electron chi connectivity index (χ1n) is 16.8.